The van der Waals surface area contributed by atoms with Crippen LogP contribution in [0.5, 0.6) is 0 Å². The first-order valence-corrected chi connectivity index (χ1v) is 5.98. The summed E-state index contributed by atoms with van der Waals surface area (Å²) < 4.78 is 18.0. The van der Waals surface area contributed by atoms with Gasteiger partial charge in [0.15, 0.2) is 5.89 Å². The average Bonchev–Trinajstić information content (AvgIpc) is 2.67. The number of hydrogen-bond acceptors (Lipinski definition) is 3. The second-order valence-corrected chi connectivity index (χ2v) is 4.32. The summed E-state index contributed by atoms with van der Waals surface area (Å²) in [7, 11) is 0. The van der Waals surface area contributed by atoms with E-state index in [2.05, 4.69) is 10.3 Å². The van der Waals surface area contributed by atoms with Gasteiger partial charge in [-0.2, -0.15) is 0 Å². The number of halogens is 1. The summed E-state index contributed by atoms with van der Waals surface area (Å²) >= 11 is 0. The van der Waals surface area contributed by atoms with Crippen LogP contribution < -0.4 is 5.32 Å². The molecule has 0 saturated carbocycles. The third-order valence-corrected chi connectivity index (χ3v) is 2.72. The van der Waals surface area contributed by atoms with E-state index in [0.717, 1.165) is 11.3 Å². The zero-order chi connectivity index (χ0) is 13.8. The van der Waals surface area contributed by atoms with E-state index in [1.807, 2.05) is 0 Å². The van der Waals surface area contributed by atoms with Crippen LogP contribution in [-0.2, 0) is 17.8 Å². The van der Waals surface area contributed by atoms with Crippen LogP contribution in [0.2, 0.25) is 0 Å². The molecule has 1 N–H and O–H groups in total. The lowest BCUT2D eigenvalue weighted by molar-refractivity contribution is -0.120. The monoisotopic (exact) mass is 262 g/mol. The number of aromatic nitrogens is 1. The summed E-state index contributed by atoms with van der Waals surface area (Å²) in [5, 5.41) is 2.75. The molecule has 5 heteroatoms. The highest BCUT2D eigenvalue weighted by molar-refractivity contribution is 5.78. The molecule has 0 saturated heterocycles. The van der Waals surface area contributed by atoms with Crippen molar-refractivity contribution in [2.24, 2.45) is 0 Å². The number of carbonyl (C=O) groups is 1. The number of amides is 1. The molecular formula is C14H15FN2O2. The van der Waals surface area contributed by atoms with Gasteiger partial charge in [0.2, 0.25) is 5.91 Å². The highest BCUT2D eigenvalue weighted by atomic mass is 19.1. The molecule has 0 unspecified atom stereocenters. The van der Waals surface area contributed by atoms with E-state index in [-0.39, 0.29) is 18.1 Å². The largest absolute Gasteiger partial charge is 0.445 e. The molecule has 0 bridgehead atoms. The van der Waals surface area contributed by atoms with E-state index < -0.39 is 0 Å². The summed E-state index contributed by atoms with van der Waals surface area (Å²) in [4.78, 5) is 15.8. The van der Waals surface area contributed by atoms with Crippen LogP contribution in [0.4, 0.5) is 4.39 Å². The van der Waals surface area contributed by atoms with Gasteiger partial charge < -0.3 is 9.73 Å². The van der Waals surface area contributed by atoms with Crippen LogP contribution in [0.1, 0.15) is 22.9 Å². The van der Waals surface area contributed by atoms with Crippen LogP contribution in [-0.4, -0.2) is 10.9 Å². The standard InChI is InChI=1S/C14H15FN2O2/c1-9-13(19-10(2)17-9)7-14(18)16-8-11-3-5-12(15)6-4-11/h3-6H,7-8H2,1-2H3,(H,16,18). The summed E-state index contributed by atoms with van der Waals surface area (Å²) in [6.07, 6.45) is 0.161. The average molecular weight is 262 g/mol. The highest BCUT2D eigenvalue weighted by Crippen LogP contribution is 2.10. The van der Waals surface area contributed by atoms with E-state index in [1.165, 1.54) is 12.1 Å². The molecule has 1 aromatic carbocycles. The Morgan fingerprint density at radius 3 is 2.58 bits per heavy atom. The lowest BCUT2D eigenvalue weighted by Gasteiger charge is -2.04. The number of nitrogens with one attached hydrogen (secondary N) is 1. The van der Waals surface area contributed by atoms with Crippen LogP contribution >= 0.6 is 0 Å². The fourth-order valence-corrected chi connectivity index (χ4v) is 1.75. The topological polar surface area (TPSA) is 55.1 Å². The van der Waals surface area contributed by atoms with Crippen molar-refractivity contribution in [3.05, 3.63) is 53.0 Å². The Kier molecular flexibility index (Phi) is 3.94. The fraction of sp³-hybridized carbons (Fsp3) is 0.286. The van der Waals surface area contributed by atoms with Gasteiger partial charge in [-0.05, 0) is 24.6 Å². The molecule has 0 aliphatic rings. The van der Waals surface area contributed by atoms with Gasteiger partial charge in [-0.15, -0.1) is 0 Å². The lowest BCUT2D eigenvalue weighted by Crippen LogP contribution is -2.24. The minimum atomic E-state index is -0.289. The van der Waals surface area contributed by atoms with Gasteiger partial charge in [0, 0.05) is 13.5 Å². The van der Waals surface area contributed by atoms with Crippen LogP contribution in [0.15, 0.2) is 28.7 Å². The number of benzene rings is 1. The van der Waals surface area contributed by atoms with Crippen molar-refractivity contribution in [1.82, 2.24) is 10.3 Å². The maximum absolute atomic E-state index is 12.7. The number of aryl methyl sites for hydroxylation is 2. The maximum atomic E-state index is 12.7. The zero-order valence-corrected chi connectivity index (χ0v) is 10.9. The van der Waals surface area contributed by atoms with Gasteiger partial charge >= 0.3 is 0 Å². The first-order chi connectivity index (χ1) is 9.04. The molecule has 0 aliphatic heterocycles. The smallest absolute Gasteiger partial charge is 0.227 e. The predicted octanol–water partition coefficient (Wildman–Crippen LogP) is 2.29. The first-order valence-electron chi connectivity index (χ1n) is 5.98. The molecule has 0 spiro atoms. The second kappa shape index (κ2) is 5.65. The number of carbonyl (C=O) groups excluding carboxylic acids is 1. The fourth-order valence-electron chi connectivity index (χ4n) is 1.75. The Balaban J connectivity index is 1.88. The van der Waals surface area contributed by atoms with Crippen molar-refractivity contribution in [2.75, 3.05) is 0 Å². The van der Waals surface area contributed by atoms with E-state index in [0.29, 0.717) is 18.2 Å². The molecule has 1 amide bonds. The molecule has 19 heavy (non-hydrogen) atoms. The molecular weight excluding hydrogens is 247 g/mol. The minimum absolute atomic E-state index is 0.149. The summed E-state index contributed by atoms with van der Waals surface area (Å²) in [5.74, 6) is 0.694. The van der Waals surface area contributed by atoms with Crippen molar-refractivity contribution in [3.63, 3.8) is 0 Å². The molecule has 100 valence electrons. The van der Waals surface area contributed by atoms with Gasteiger partial charge in [0.25, 0.3) is 0 Å². The normalized spacial score (nSPS) is 10.5. The Morgan fingerprint density at radius 2 is 2.00 bits per heavy atom. The SMILES string of the molecule is Cc1nc(C)c(CC(=O)NCc2ccc(F)cc2)o1. The van der Waals surface area contributed by atoms with Crippen molar-refractivity contribution >= 4 is 5.91 Å². The Morgan fingerprint density at radius 1 is 1.32 bits per heavy atom. The second-order valence-electron chi connectivity index (χ2n) is 4.32. The minimum Gasteiger partial charge on any atom is -0.445 e. The van der Waals surface area contributed by atoms with Crippen molar-refractivity contribution in [3.8, 4) is 0 Å². The molecule has 4 nitrogen and oxygen atoms in total. The highest BCUT2D eigenvalue weighted by Gasteiger charge is 2.11. The van der Waals surface area contributed by atoms with Crippen molar-refractivity contribution in [1.29, 1.82) is 0 Å². The van der Waals surface area contributed by atoms with E-state index in [1.54, 1.807) is 26.0 Å². The van der Waals surface area contributed by atoms with Gasteiger partial charge in [-0.3, -0.25) is 4.79 Å². The van der Waals surface area contributed by atoms with Crippen molar-refractivity contribution < 1.29 is 13.6 Å². The van der Waals surface area contributed by atoms with Gasteiger partial charge in [0.1, 0.15) is 11.6 Å². The van der Waals surface area contributed by atoms with E-state index >= 15 is 0 Å². The quantitative estimate of drug-likeness (QED) is 0.919. The van der Waals surface area contributed by atoms with Gasteiger partial charge in [-0.1, -0.05) is 12.1 Å². The van der Waals surface area contributed by atoms with E-state index in [9.17, 15) is 9.18 Å². The van der Waals surface area contributed by atoms with Crippen molar-refractivity contribution in [2.45, 2.75) is 26.8 Å². The van der Waals surface area contributed by atoms with Gasteiger partial charge in [-0.25, -0.2) is 9.37 Å². The lowest BCUT2D eigenvalue weighted by atomic mass is 10.2. The predicted molar refractivity (Wildman–Crippen MR) is 67.9 cm³/mol. The van der Waals surface area contributed by atoms with E-state index in [4.69, 9.17) is 4.42 Å². The maximum Gasteiger partial charge on any atom is 0.227 e. The third kappa shape index (κ3) is 3.64. The number of hydrogen-bond donors (Lipinski definition) is 1. The first kappa shape index (κ1) is 13.3. The molecule has 2 rings (SSSR count). The van der Waals surface area contributed by atoms with Crippen LogP contribution in [0.3, 0.4) is 0 Å². The van der Waals surface area contributed by atoms with Crippen LogP contribution in [0, 0.1) is 19.7 Å². The molecule has 0 aliphatic carbocycles. The van der Waals surface area contributed by atoms with Gasteiger partial charge in [0.05, 0.1) is 12.1 Å². The molecule has 1 aromatic heterocycles. The Hall–Kier alpha value is -2.17. The number of rotatable bonds is 4. The summed E-state index contributed by atoms with van der Waals surface area (Å²) in [5.41, 5.74) is 1.58. The Bertz CT molecular complexity index is 576. The molecule has 0 radical (unpaired) electrons. The third-order valence-electron chi connectivity index (χ3n) is 2.72. The molecule has 0 fully saturated rings. The summed E-state index contributed by atoms with van der Waals surface area (Å²) in [6.45, 7) is 3.91. The number of oxazole rings is 1. The summed E-state index contributed by atoms with van der Waals surface area (Å²) in [6, 6.07) is 6.01. The molecule has 1 heterocycles. The molecule has 0 atom stereocenters. The number of nitrogens with zero attached hydrogens (tertiary/aromatic N) is 1. The molecule has 2 aromatic rings. The van der Waals surface area contributed by atoms with Crippen LogP contribution in [0.25, 0.3) is 0 Å². The Labute approximate surface area is 110 Å². The zero-order valence-electron chi connectivity index (χ0n) is 10.9.